The number of cyclic esters (lactones) is 1. The van der Waals surface area contributed by atoms with Gasteiger partial charge in [0.05, 0.1) is 12.7 Å². The number of hydrogen-bond donors (Lipinski definition) is 1. The molecule has 0 amide bonds. The van der Waals surface area contributed by atoms with Crippen LogP contribution in [0, 0.1) is 0 Å². The first-order valence-electron chi connectivity index (χ1n) is 10.1. The third kappa shape index (κ3) is 2.99. The first kappa shape index (κ1) is 20.7. The van der Waals surface area contributed by atoms with Crippen LogP contribution in [-0.4, -0.2) is 43.7 Å². The van der Waals surface area contributed by atoms with Crippen molar-refractivity contribution in [1.82, 2.24) is 0 Å². The average Bonchev–Trinajstić information content (AvgIpc) is 3.18. The lowest BCUT2D eigenvalue weighted by atomic mass is 9.78. The van der Waals surface area contributed by atoms with E-state index in [4.69, 9.17) is 18.9 Å². The number of carbonyl (C=O) groups is 3. The quantitative estimate of drug-likeness (QED) is 0.367. The Bertz CT molecular complexity index is 1330. The highest BCUT2D eigenvalue weighted by atomic mass is 16.7. The number of esters is 1. The van der Waals surface area contributed by atoms with Gasteiger partial charge < -0.3 is 24.1 Å². The second-order valence-corrected chi connectivity index (χ2v) is 7.53. The molecule has 1 aliphatic heterocycles. The van der Waals surface area contributed by atoms with Crippen molar-refractivity contribution in [1.29, 1.82) is 0 Å². The molecule has 1 aliphatic carbocycles. The summed E-state index contributed by atoms with van der Waals surface area (Å²) >= 11 is 0. The molecule has 0 aromatic heterocycles. The number of ketones is 2. The van der Waals surface area contributed by atoms with Crippen molar-refractivity contribution in [2.24, 2.45) is 0 Å². The minimum absolute atomic E-state index is 0.0240. The molecule has 1 heterocycles. The monoisotopic (exact) mass is 446 g/mol. The molecular weight excluding hydrogens is 428 g/mol. The number of methoxy groups -OCH3 is 2. The first-order valence-corrected chi connectivity index (χ1v) is 10.1. The Balaban J connectivity index is 1.83. The predicted molar refractivity (Wildman–Crippen MR) is 114 cm³/mol. The number of phenols is 1. The summed E-state index contributed by atoms with van der Waals surface area (Å²) in [5, 5.41) is 10.2. The number of phenolic OH excluding ortho intramolecular Hbond substituents is 1. The lowest BCUT2D eigenvalue weighted by Gasteiger charge is -2.24. The number of hydrogen-bond acceptors (Lipinski definition) is 8. The summed E-state index contributed by atoms with van der Waals surface area (Å²) in [6, 6.07) is 12.9. The van der Waals surface area contributed by atoms with E-state index in [-0.39, 0.29) is 57.4 Å². The van der Waals surface area contributed by atoms with Gasteiger partial charge in [-0.2, -0.15) is 0 Å². The molecule has 166 valence electrons. The topological polar surface area (TPSA) is 108 Å². The van der Waals surface area contributed by atoms with Crippen LogP contribution in [0.25, 0.3) is 0 Å². The van der Waals surface area contributed by atoms with Crippen LogP contribution in [0.1, 0.15) is 59.4 Å². The van der Waals surface area contributed by atoms with Crippen molar-refractivity contribution in [3.05, 3.63) is 87.5 Å². The zero-order valence-electron chi connectivity index (χ0n) is 17.7. The average molecular weight is 446 g/mol. The van der Waals surface area contributed by atoms with Crippen molar-refractivity contribution >= 4 is 17.5 Å². The molecule has 8 heteroatoms. The van der Waals surface area contributed by atoms with Crippen LogP contribution in [0.3, 0.4) is 0 Å². The van der Waals surface area contributed by atoms with E-state index in [0.717, 1.165) is 0 Å². The third-order valence-corrected chi connectivity index (χ3v) is 5.74. The van der Waals surface area contributed by atoms with Crippen LogP contribution in [0.2, 0.25) is 0 Å². The second-order valence-electron chi connectivity index (χ2n) is 7.53. The van der Waals surface area contributed by atoms with Crippen molar-refractivity contribution in [2.45, 2.75) is 6.10 Å². The molecule has 0 bridgehead atoms. The van der Waals surface area contributed by atoms with Gasteiger partial charge in [-0.05, 0) is 23.8 Å². The highest BCUT2D eigenvalue weighted by Crippen LogP contribution is 2.48. The van der Waals surface area contributed by atoms with Crippen LogP contribution in [-0.2, 0) is 9.47 Å². The van der Waals surface area contributed by atoms with E-state index >= 15 is 0 Å². The van der Waals surface area contributed by atoms with E-state index in [1.807, 2.05) is 6.07 Å². The zero-order chi connectivity index (χ0) is 23.3. The van der Waals surface area contributed by atoms with Crippen LogP contribution >= 0.6 is 0 Å². The van der Waals surface area contributed by atoms with Gasteiger partial charge in [-0.25, -0.2) is 4.79 Å². The van der Waals surface area contributed by atoms with Crippen molar-refractivity contribution in [3.8, 4) is 17.2 Å². The fourth-order valence-corrected chi connectivity index (χ4v) is 4.36. The van der Waals surface area contributed by atoms with Crippen LogP contribution in [0.5, 0.6) is 17.2 Å². The van der Waals surface area contributed by atoms with Gasteiger partial charge in [-0.3, -0.25) is 9.59 Å². The number of rotatable bonds is 5. The van der Waals surface area contributed by atoms with Gasteiger partial charge in [0.1, 0.15) is 11.3 Å². The number of ether oxygens (including phenoxy) is 4. The predicted octanol–water partition coefficient (Wildman–Crippen LogP) is 3.42. The maximum Gasteiger partial charge on any atom is 0.343 e. The number of benzene rings is 3. The Morgan fingerprint density at radius 1 is 0.909 bits per heavy atom. The minimum atomic E-state index is -0.921. The van der Waals surface area contributed by atoms with Gasteiger partial charge in [0.15, 0.2) is 36.0 Å². The summed E-state index contributed by atoms with van der Waals surface area (Å²) in [7, 11) is 2.72. The Morgan fingerprint density at radius 2 is 1.67 bits per heavy atom. The highest BCUT2D eigenvalue weighted by molar-refractivity contribution is 6.31. The largest absolute Gasteiger partial charge is 0.504 e. The van der Waals surface area contributed by atoms with Crippen LogP contribution < -0.4 is 9.47 Å². The molecule has 2 aliphatic rings. The molecule has 33 heavy (non-hydrogen) atoms. The molecule has 5 rings (SSSR count). The lowest BCUT2D eigenvalue weighted by Crippen LogP contribution is -2.25. The fraction of sp³-hybridized carbons (Fsp3) is 0.160. The Morgan fingerprint density at radius 3 is 2.36 bits per heavy atom. The van der Waals surface area contributed by atoms with Crippen LogP contribution in [0.4, 0.5) is 0 Å². The van der Waals surface area contributed by atoms with Gasteiger partial charge in [-0.15, -0.1) is 0 Å². The molecule has 0 radical (unpaired) electrons. The molecule has 8 nitrogen and oxygen atoms in total. The van der Waals surface area contributed by atoms with Crippen molar-refractivity contribution < 1.29 is 38.4 Å². The van der Waals surface area contributed by atoms with E-state index in [9.17, 15) is 19.5 Å². The molecule has 1 unspecified atom stereocenters. The maximum absolute atomic E-state index is 13.8. The molecular formula is C25H18O8. The van der Waals surface area contributed by atoms with E-state index in [1.54, 1.807) is 24.3 Å². The minimum Gasteiger partial charge on any atom is -0.504 e. The first-order chi connectivity index (χ1) is 16.0. The number of fused-ring (bicyclic) bond motifs is 4. The van der Waals surface area contributed by atoms with Gasteiger partial charge in [0.25, 0.3) is 0 Å². The van der Waals surface area contributed by atoms with E-state index in [0.29, 0.717) is 5.56 Å². The number of aromatic hydroxyl groups is 1. The second kappa shape index (κ2) is 7.75. The Labute approximate surface area is 188 Å². The van der Waals surface area contributed by atoms with E-state index < -0.39 is 23.6 Å². The molecule has 3 aromatic rings. The van der Waals surface area contributed by atoms with Crippen LogP contribution in [0.15, 0.2) is 48.5 Å². The third-order valence-electron chi connectivity index (χ3n) is 5.74. The summed E-state index contributed by atoms with van der Waals surface area (Å²) in [5.41, 5.74) is 1.05. The summed E-state index contributed by atoms with van der Waals surface area (Å²) in [6.07, 6.45) is -0.921. The van der Waals surface area contributed by atoms with Gasteiger partial charge in [-0.1, -0.05) is 30.3 Å². The summed E-state index contributed by atoms with van der Waals surface area (Å²) < 4.78 is 21.5. The zero-order valence-corrected chi connectivity index (χ0v) is 17.7. The number of carbonyl (C=O) groups excluding carboxylic acids is 3. The Hall–Kier alpha value is -4.17. The van der Waals surface area contributed by atoms with Crippen molar-refractivity contribution in [2.75, 3.05) is 21.0 Å². The van der Waals surface area contributed by atoms with Gasteiger partial charge >= 0.3 is 5.97 Å². The van der Waals surface area contributed by atoms with E-state index in [2.05, 4.69) is 0 Å². The summed E-state index contributed by atoms with van der Waals surface area (Å²) in [4.78, 5) is 40.2. The summed E-state index contributed by atoms with van der Waals surface area (Å²) in [6.45, 7) is -0.172. The smallest absolute Gasteiger partial charge is 0.343 e. The molecule has 3 aromatic carbocycles. The normalized spacial score (nSPS) is 16.1. The lowest BCUT2D eigenvalue weighted by molar-refractivity contribution is 0.0417. The molecule has 1 atom stereocenters. The van der Waals surface area contributed by atoms with E-state index in [1.165, 1.54) is 32.4 Å². The van der Waals surface area contributed by atoms with Gasteiger partial charge in [0, 0.05) is 29.4 Å². The fourth-order valence-electron chi connectivity index (χ4n) is 4.36. The SMILES string of the molecule is COCOc1cc2c(c3c1C(=O)OC3c1ccccc1)C(=O)c1c(ccc(O)c1OC)C2=O. The Kier molecular flexibility index (Phi) is 4.87. The molecule has 0 spiro atoms. The molecule has 1 N–H and O–H groups in total. The standard InChI is InChI=1S/C25H18O8/c1-30-11-32-16-10-14-17(20-19(16)25(29)33-23(20)12-6-4-3-5-7-12)22(28)18-13(21(14)27)8-9-15(26)24(18)31-2/h3-10,23,26H,11H2,1-2H3. The molecule has 0 fully saturated rings. The molecule has 0 saturated carbocycles. The maximum atomic E-state index is 13.8. The summed E-state index contributed by atoms with van der Waals surface area (Å²) in [5.74, 6) is -1.99. The molecule has 0 saturated heterocycles. The van der Waals surface area contributed by atoms with Crippen molar-refractivity contribution in [3.63, 3.8) is 0 Å². The highest BCUT2D eigenvalue weighted by Gasteiger charge is 2.45. The van der Waals surface area contributed by atoms with Gasteiger partial charge in [0.2, 0.25) is 0 Å².